The van der Waals surface area contributed by atoms with Crippen LogP contribution in [0, 0.1) is 22.5 Å². The predicted octanol–water partition coefficient (Wildman–Crippen LogP) is 25.5. The van der Waals surface area contributed by atoms with E-state index in [1.165, 1.54) is 52.6 Å². The molecule has 6 nitrogen and oxygen atoms in total. The van der Waals surface area contributed by atoms with Gasteiger partial charge in [0.05, 0.1) is 40.0 Å². The summed E-state index contributed by atoms with van der Waals surface area (Å²) in [5, 5.41) is 39.9. The summed E-state index contributed by atoms with van der Waals surface area (Å²) in [7, 11) is 9.78. The molecule has 8 aromatic carbocycles. The zero-order valence-electron chi connectivity index (χ0n) is 60.9. The number of phenols is 3. The second-order valence-electron chi connectivity index (χ2n) is 34.2. The fourth-order valence-electron chi connectivity index (χ4n) is 13.9. The predicted molar refractivity (Wildman–Crippen MR) is 398 cm³/mol. The van der Waals surface area contributed by atoms with Crippen molar-refractivity contribution in [2.75, 3.05) is 6.61 Å². The molecule has 95 heavy (non-hydrogen) atoms. The average Bonchev–Trinajstić information content (AvgIpc) is 1.61. The third kappa shape index (κ3) is 16.7. The number of hydrogen-bond acceptors (Lipinski definition) is 4. The number of unbranched alkanes of at least 4 members (excludes halogenated alkanes) is 1. The number of hydrogen-bond donors (Lipinski definition) is 3. The first-order chi connectivity index (χ1) is 43.8. The summed E-state index contributed by atoms with van der Waals surface area (Å²) in [6.45, 7) is 51.8. The van der Waals surface area contributed by atoms with E-state index in [-0.39, 0.29) is 71.9 Å². The first kappa shape index (κ1) is 74.5. The maximum atomic E-state index is 15.0. The molecule has 11 heteroatoms. The third-order valence-corrected chi connectivity index (χ3v) is 18.4. The van der Waals surface area contributed by atoms with Gasteiger partial charge in [-0.05, 0) is 205 Å². The number of ether oxygens (including phenoxy) is 1. The number of aromatic nitrogens is 2. The van der Waals surface area contributed by atoms with E-state index in [1.54, 1.807) is 6.07 Å². The average molecular weight is 1360 g/mol. The van der Waals surface area contributed by atoms with E-state index >= 15 is 4.39 Å². The molecule has 0 bridgehead atoms. The molecule has 0 saturated carbocycles. The molecule has 0 aliphatic heterocycles. The molecule has 0 fully saturated rings. The minimum absolute atomic E-state index is 0.000181. The Balaban J connectivity index is 0.000000235. The van der Waals surface area contributed by atoms with E-state index in [0.717, 1.165) is 80.4 Å². The molecule has 0 aliphatic rings. The van der Waals surface area contributed by atoms with Crippen LogP contribution in [0.4, 0.5) is 8.78 Å². The molecule has 506 valence electrons. The molecule has 0 radical (unpaired) electrons. The summed E-state index contributed by atoms with van der Waals surface area (Å²) in [6.07, 6.45) is 3.69. The van der Waals surface area contributed by atoms with Crippen molar-refractivity contribution in [3.8, 4) is 56.6 Å². The van der Waals surface area contributed by atoms with E-state index in [4.69, 9.17) is 23.3 Å². The number of nitrogens with zero attached hydrogens (tertiary/aromatic N) is 2. The molecule has 0 saturated heterocycles. The minimum atomic E-state index is -0.556. The molecule has 3 N–H and O–H groups in total. The molecule has 2 aromatic heterocycles. The second kappa shape index (κ2) is 27.6. The number of aromatic hydroxyl groups is 3. The van der Waals surface area contributed by atoms with Crippen LogP contribution in [-0.4, -0.2) is 31.1 Å². The van der Waals surface area contributed by atoms with Crippen molar-refractivity contribution in [2.24, 2.45) is 10.8 Å². The van der Waals surface area contributed by atoms with Gasteiger partial charge in [-0.1, -0.05) is 190 Å². The molecule has 10 rings (SSSR count). The van der Waals surface area contributed by atoms with Crippen molar-refractivity contribution in [1.82, 2.24) is 9.13 Å². The van der Waals surface area contributed by atoms with E-state index in [1.807, 2.05) is 6.07 Å². The van der Waals surface area contributed by atoms with Crippen molar-refractivity contribution in [2.45, 2.75) is 217 Å². The van der Waals surface area contributed by atoms with Crippen molar-refractivity contribution in [1.29, 1.82) is 0 Å². The van der Waals surface area contributed by atoms with Crippen molar-refractivity contribution >= 4 is 62.2 Å². The van der Waals surface area contributed by atoms with Gasteiger partial charge in [-0.3, -0.25) is 0 Å². The molecule has 10 aromatic rings. The molecule has 0 unspecified atom stereocenters. The van der Waals surface area contributed by atoms with Crippen LogP contribution in [0.3, 0.4) is 0 Å². The fraction of sp³-hybridized carbons (Fsp3) is 0.429. The first-order valence-corrected chi connectivity index (χ1v) is 37.9. The van der Waals surface area contributed by atoms with Crippen LogP contribution in [0.1, 0.15) is 218 Å². The summed E-state index contributed by atoms with van der Waals surface area (Å²) in [6, 6.07) is 43.3. The monoisotopic (exact) mass is 1360 g/mol. The molecule has 2 heterocycles. The zero-order chi connectivity index (χ0) is 70.7. The molecular formula is C84H104Cl2F2N2O4Ti. The number of rotatable bonds is 12. The normalized spacial score (nSPS) is 12.9. The summed E-state index contributed by atoms with van der Waals surface area (Å²) >= 11 is -0.556. The van der Waals surface area contributed by atoms with Crippen LogP contribution in [-0.2, 0) is 49.5 Å². The van der Waals surface area contributed by atoms with E-state index in [0.29, 0.717) is 40.4 Å². The first-order valence-electron chi connectivity index (χ1n) is 33.6. The fourth-order valence-corrected chi connectivity index (χ4v) is 13.9. The van der Waals surface area contributed by atoms with Gasteiger partial charge in [-0.25, -0.2) is 8.78 Å². The Hall–Kier alpha value is -6.29. The molecule has 0 atom stereocenters. The van der Waals surface area contributed by atoms with Crippen LogP contribution < -0.4 is 4.74 Å². The van der Waals surface area contributed by atoms with Gasteiger partial charge in [0.25, 0.3) is 0 Å². The Bertz CT molecular complexity index is 4310. The summed E-state index contributed by atoms with van der Waals surface area (Å²) in [5.41, 5.74) is 13.6. The molecular weight excluding hydrogens is 1260 g/mol. The maximum absolute atomic E-state index is 15.0. The summed E-state index contributed by atoms with van der Waals surface area (Å²) in [4.78, 5) is 0. The van der Waals surface area contributed by atoms with Gasteiger partial charge in [0.15, 0.2) is 0 Å². The Labute approximate surface area is 583 Å². The Morgan fingerprint density at radius 3 is 1.02 bits per heavy atom. The Morgan fingerprint density at radius 1 is 0.389 bits per heavy atom. The number of benzene rings is 8. The van der Waals surface area contributed by atoms with Crippen molar-refractivity contribution < 1.29 is 45.9 Å². The van der Waals surface area contributed by atoms with Gasteiger partial charge >= 0.3 is 35.6 Å². The summed E-state index contributed by atoms with van der Waals surface area (Å²) in [5.74, 6) is -0.238. The Kier molecular flexibility index (Phi) is 21.6. The van der Waals surface area contributed by atoms with Crippen molar-refractivity contribution in [3.05, 3.63) is 178 Å². The number of halogens is 4. The van der Waals surface area contributed by atoms with Crippen LogP contribution in [0.2, 0.25) is 0 Å². The van der Waals surface area contributed by atoms with E-state index in [9.17, 15) is 19.7 Å². The van der Waals surface area contributed by atoms with Crippen molar-refractivity contribution in [3.63, 3.8) is 0 Å². The van der Waals surface area contributed by atoms with Crippen LogP contribution in [0.15, 0.2) is 133 Å². The molecule has 0 amide bonds. The summed E-state index contributed by atoms with van der Waals surface area (Å²) < 4.78 is 40.2. The van der Waals surface area contributed by atoms with Gasteiger partial charge < -0.3 is 29.2 Å². The number of fused-ring (bicyclic) bond motifs is 6. The zero-order valence-corrected chi connectivity index (χ0v) is 64.0. The van der Waals surface area contributed by atoms with E-state index in [2.05, 4.69) is 259 Å². The standard InChI is InChI=1S/C44H56FNO2.C40H48FNO2.2ClH.Ti/c1-13-14-21-48-39-20-17-31(45)26-34(39)35-24-30(44(11,12)27-41(2,3)4)25-38(40(35)47)46-36-18-15-28(42(5,6)7)22-32(36)33-23-29(43(8,9)10)16-19-37(33)46;1-37(2,3)23-40(10,11)26-20-31(30-22-27(41)14-17-35(30)43)36(44)34(21-26)42-32-15-12-24(38(4,5)6)18-28(32)29-19-25(39(7,8)9)13-16-33(29)42;;;/h15-20,22-26,47H,13-14,21,27H2,1-12H3;12-22,43-44H,23H2,1-11H3;2*1H;/q;;;;+2/p-2. The van der Waals surface area contributed by atoms with Gasteiger partial charge in [0.1, 0.15) is 34.6 Å². The quantitative estimate of drug-likeness (QED) is 0.0841. The van der Waals surface area contributed by atoms with Crippen LogP contribution in [0.25, 0.3) is 77.2 Å². The van der Waals surface area contributed by atoms with Gasteiger partial charge in [-0.2, -0.15) is 0 Å². The molecule has 0 spiro atoms. The third-order valence-electron chi connectivity index (χ3n) is 18.4. The SMILES string of the molecule is CC(C)(C)CC(C)(C)c1cc(-c2cc(F)ccc2O)c(O)c(-n2c3ccc(C(C)(C)C)cc3c3cc(C(C)(C)C)ccc32)c1.CCCCOc1ccc(F)cc1-c1cc(C(C)(C)CC(C)(C)C)cc(-n2c3ccc(C(C)(C)C)cc3c3cc(C(C)(C)C)ccc32)c1O.[Cl][Ti][Cl]. The second-order valence-corrected chi connectivity index (χ2v) is 36.8. The van der Waals surface area contributed by atoms with Gasteiger partial charge in [0.2, 0.25) is 0 Å². The van der Waals surface area contributed by atoms with Gasteiger partial charge in [-0.15, -0.1) is 0 Å². The number of phenolic OH excluding ortho intramolecular Hbond substituents is 3. The Morgan fingerprint density at radius 2 is 0.705 bits per heavy atom. The van der Waals surface area contributed by atoms with Crippen LogP contribution >= 0.6 is 18.6 Å². The van der Waals surface area contributed by atoms with Gasteiger partial charge in [0, 0.05) is 43.8 Å². The van der Waals surface area contributed by atoms with Crippen LogP contribution in [0.5, 0.6) is 23.0 Å². The van der Waals surface area contributed by atoms with E-state index < -0.39 is 22.8 Å². The topological polar surface area (TPSA) is 79.8 Å². The molecule has 0 aliphatic carbocycles.